The molecule has 0 radical (unpaired) electrons. The van der Waals surface area contributed by atoms with Gasteiger partial charge in [0, 0.05) is 13.1 Å². The van der Waals surface area contributed by atoms with Crippen molar-refractivity contribution in [3.8, 4) is 0 Å². The third-order valence-corrected chi connectivity index (χ3v) is 3.20. The molecule has 0 aromatic rings. The topological polar surface area (TPSA) is 61.4 Å². The molecule has 4 nitrogen and oxygen atoms in total. The van der Waals surface area contributed by atoms with Crippen LogP contribution in [0.3, 0.4) is 0 Å². The minimum absolute atomic E-state index is 0.00447. The lowest BCUT2D eigenvalue weighted by Gasteiger charge is -2.21. The van der Waals surface area contributed by atoms with Crippen molar-refractivity contribution < 1.29 is 9.90 Å². The van der Waals surface area contributed by atoms with Gasteiger partial charge in [-0.2, -0.15) is 0 Å². The third-order valence-electron chi connectivity index (χ3n) is 3.20. The first-order valence-corrected chi connectivity index (χ1v) is 6.45. The van der Waals surface area contributed by atoms with Crippen molar-refractivity contribution in [1.29, 1.82) is 0 Å². The van der Waals surface area contributed by atoms with Crippen molar-refractivity contribution in [3.05, 3.63) is 0 Å². The van der Waals surface area contributed by atoms with E-state index in [1.54, 1.807) is 0 Å². The molecule has 0 saturated heterocycles. The first-order chi connectivity index (χ1) is 7.83. The highest BCUT2D eigenvalue weighted by Gasteiger charge is 2.12. The summed E-state index contributed by atoms with van der Waals surface area (Å²) in [6.45, 7) is 1.07. The predicted octanol–water partition coefficient (Wildman–Crippen LogP) is 1.64. The highest BCUT2D eigenvalue weighted by atomic mass is 16.3. The van der Waals surface area contributed by atoms with Crippen LogP contribution in [0, 0.1) is 5.92 Å². The van der Waals surface area contributed by atoms with E-state index >= 15 is 0 Å². The highest BCUT2D eigenvalue weighted by molar-refractivity contribution is 5.73. The van der Waals surface area contributed by atoms with Crippen molar-refractivity contribution in [3.63, 3.8) is 0 Å². The Balaban J connectivity index is 1.92. The molecule has 94 valence electrons. The molecule has 0 heterocycles. The summed E-state index contributed by atoms with van der Waals surface area (Å²) < 4.78 is 0. The smallest absolute Gasteiger partial charge is 0.314 e. The van der Waals surface area contributed by atoms with E-state index in [0.717, 1.165) is 18.9 Å². The molecule has 1 fully saturated rings. The van der Waals surface area contributed by atoms with Crippen molar-refractivity contribution in [2.45, 2.75) is 44.9 Å². The van der Waals surface area contributed by atoms with E-state index in [1.807, 2.05) is 0 Å². The van der Waals surface area contributed by atoms with Crippen LogP contribution in [-0.4, -0.2) is 30.8 Å². The maximum absolute atomic E-state index is 11.1. The van der Waals surface area contributed by atoms with Crippen LogP contribution in [0.15, 0.2) is 0 Å². The SMILES string of the molecule is O=C(NCCO)NCCCC1CCCCC1. The average molecular weight is 228 g/mol. The zero-order chi connectivity index (χ0) is 11.6. The molecule has 16 heavy (non-hydrogen) atoms. The number of aliphatic hydroxyl groups is 1. The monoisotopic (exact) mass is 228 g/mol. The van der Waals surface area contributed by atoms with E-state index in [1.165, 1.54) is 38.5 Å². The highest BCUT2D eigenvalue weighted by Crippen LogP contribution is 2.26. The zero-order valence-electron chi connectivity index (χ0n) is 10.0. The van der Waals surface area contributed by atoms with E-state index in [-0.39, 0.29) is 12.6 Å². The summed E-state index contributed by atoms with van der Waals surface area (Å²) in [6, 6.07) is -0.169. The number of carbonyl (C=O) groups excluding carboxylic acids is 1. The molecule has 0 aromatic carbocycles. The van der Waals surface area contributed by atoms with E-state index in [9.17, 15) is 4.79 Å². The van der Waals surface area contributed by atoms with Crippen LogP contribution in [0.2, 0.25) is 0 Å². The van der Waals surface area contributed by atoms with Gasteiger partial charge in [0.25, 0.3) is 0 Å². The molecule has 0 spiro atoms. The van der Waals surface area contributed by atoms with Gasteiger partial charge in [-0.15, -0.1) is 0 Å². The lowest BCUT2D eigenvalue weighted by Crippen LogP contribution is -2.37. The van der Waals surface area contributed by atoms with Crippen LogP contribution in [-0.2, 0) is 0 Å². The summed E-state index contributed by atoms with van der Waals surface area (Å²) >= 11 is 0. The molecule has 1 aliphatic carbocycles. The van der Waals surface area contributed by atoms with E-state index in [0.29, 0.717) is 6.54 Å². The molecular weight excluding hydrogens is 204 g/mol. The lowest BCUT2D eigenvalue weighted by molar-refractivity contribution is 0.233. The summed E-state index contributed by atoms with van der Waals surface area (Å²) in [5.41, 5.74) is 0. The molecule has 0 aromatic heterocycles. The predicted molar refractivity (Wildman–Crippen MR) is 64.3 cm³/mol. The van der Waals surface area contributed by atoms with E-state index < -0.39 is 0 Å². The molecule has 0 atom stereocenters. The van der Waals surface area contributed by atoms with Gasteiger partial charge in [0.1, 0.15) is 0 Å². The van der Waals surface area contributed by atoms with Gasteiger partial charge in [-0.05, 0) is 18.8 Å². The molecule has 1 aliphatic rings. The third kappa shape index (κ3) is 5.95. The number of aliphatic hydroxyl groups excluding tert-OH is 1. The zero-order valence-corrected chi connectivity index (χ0v) is 10.0. The summed E-state index contributed by atoms with van der Waals surface area (Å²) in [5.74, 6) is 0.885. The Morgan fingerprint density at radius 2 is 1.81 bits per heavy atom. The first kappa shape index (κ1) is 13.3. The van der Waals surface area contributed by atoms with Gasteiger partial charge in [0.05, 0.1) is 6.61 Å². The minimum Gasteiger partial charge on any atom is -0.395 e. The quantitative estimate of drug-likeness (QED) is 0.605. The van der Waals surface area contributed by atoms with Gasteiger partial charge in [-0.25, -0.2) is 4.79 Å². The van der Waals surface area contributed by atoms with E-state index in [2.05, 4.69) is 10.6 Å². The van der Waals surface area contributed by atoms with Crippen molar-refractivity contribution in [1.82, 2.24) is 10.6 Å². The number of amides is 2. The normalized spacial score (nSPS) is 17.1. The van der Waals surface area contributed by atoms with Crippen molar-refractivity contribution in [2.24, 2.45) is 5.92 Å². The summed E-state index contributed by atoms with van der Waals surface area (Å²) in [6.07, 6.45) is 9.22. The molecule has 1 saturated carbocycles. The van der Waals surface area contributed by atoms with Crippen LogP contribution < -0.4 is 10.6 Å². The second-order valence-corrected chi connectivity index (χ2v) is 4.55. The van der Waals surface area contributed by atoms with Gasteiger partial charge < -0.3 is 15.7 Å². The molecule has 0 unspecified atom stereocenters. The second-order valence-electron chi connectivity index (χ2n) is 4.55. The number of urea groups is 1. The molecule has 4 heteroatoms. The molecule has 0 aliphatic heterocycles. The maximum atomic E-state index is 11.1. The van der Waals surface area contributed by atoms with E-state index in [4.69, 9.17) is 5.11 Å². The summed E-state index contributed by atoms with van der Waals surface area (Å²) in [7, 11) is 0. The molecule has 2 amide bonds. The van der Waals surface area contributed by atoms with Crippen LogP contribution in [0.4, 0.5) is 4.79 Å². The summed E-state index contributed by atoms with van der Waals surface area (Å²) in [4.78, 5) is 11.1. The molecule has 1 rings (SSSR count). The van der Waals surface area contributed by atoms with Crippen molar-refractivity contribution in [2.75, 3.05) is 19.7 Å². The number of hydrogen-bond donors (Lipinski definition) is 3. The van der Waals surface area contributed by atoms with Crippen LogP contribution in [0.25, 0.3) is 0 Å². The Labute approximate surface area is 97.8 Å². The van der Waals surface area contributed by atoms with Crippen LogP contribution in [0.1, 0.15) is 44.9 Å². The van der Waals surface area contributed by atoms with Gasteiger partial charge in [0.2, 0.25) is 0 Å². The van der Waals surface area contributed by atoms with Gasteiger partial charge >= 0.3 is 6.03 Å². The Morgan fingerprint density at radius 3 is 2.50 bits per heavy atom. The van der Waals surface area contributed by atoms with Crippen LogP contribution in [0.5, 0.6) is 0 Å². The summed E-state index contributed by atoms with van der Waals surface area (Å²) in [5, 5.41) is 13.9. The van der Waals surface area contributed by atoms with Gasteiger partial charge in [-0.3, -0.25) is 0 Å². The fourth-order valence-corrected chi connectivity index (χ4v) is 2.30. The van der Waals surface area contributed by atoms with Crippen molar-refractivity contribution >= 4 is 6.03 Å². The molecule has 0 bridgehead atoms. The Kier molecular flexibility index (Phi) is 6.97. The number of carbonyl (C=O) groups is 1. The number of rotatable bonds is 6. The fourth-order valence-electron chi connectivity index (χ4n) is 2.30. The van der Waals surface area contributed by atoms with Gasteiger partial charge in [-0.1, -0.05) is 32.1 Å². The standard InChI is InChI=1S/C12H24N2O2/c15-10-9-14-12(16)13-8-4-7-11-5-2-1-3-6-11/h11,15H,1-10H2,(H2,13,14,16). The molecule has 3 N–H and O–H groups in total. The number of nitrogens with one attached hydrogen (secondary N) is 2. The number of hydrogen-bond acceptors (Lipinski definition) is 2. The maximum Gasteiger partial charge on any atom is 0.314 e. The van der Waals surface area contributed by atoms with Crippen LogP contribution >= 0.6 is 0 Å². The molecular formula is C12H24N2O2. The Morgan fingerprint density at radius 1 is 1.12 bits per heavy atom. The fraction of sp³-hybridized carbons (Fsp3) is 0.917. The Bertz CT molecular complexity index is 191. The van der Waals surface area contributed by atoms with Gasteiger partial charge in [0.15, 0.2) is 0 Å². The second kappa shape index (κ2) is 8.39. The average Bonchev–Trinajstić information content (AvgIpc) is 2.33. The lowest BCUT2D eigenvalue weighted by atomic mass is 9.86. The largest absolute Gasteiger partial charge is 0.395 e. The first-order valence-electron chi connectivity index (χ1n) is 6.45. The Hall–Kier alpha value is -0.770. The minimum atomic E-state index is -0.169.